The van der Waals surface area contributed by atoms with Crippen molar-refractivity contribution >= 4 is 5.91 Å². The van der Waals surface area contributed by atoms with Gasteiger partial charge in [-0.15, -0.1) is 0 Å². The molecule has 0 bridgehead atoms. The minimum absolute atomic E-state index is 0.222. The molecule has 0 aromatic heterocycles. The van der Waals surface area contributed by atoms with Gasteiger partial charge in [0.05, 0.1) is 0 Å². The van der Waals surface area contributed by atoms with Crippen LogP contribution in [0.4, 0.5) is 0 Å². The maximum atomic E-state index is 11.9. The molecule has 0 radical (unpaired) electrons. The number of nitrogens with zero attached hydrogens (tertiary/aromatic N) is 1. The molecule has 100 valence electrons. The van der Waals surface area contributed by atoms with E-state index < -0.39 is 0 Å². The predicted octanol–water partition coefficient (Wildman–Crippen LogP) is 0.833. The van der Waals surface area contributed by atoms with E-state index in [2.05, 4.69) is 36.3 Å². The normalized spacial score (nSPS) is 19.3. The molecule has 17 heavy (non-hydrogen) atoms. The summed E-state index contributed by atoms with van der Waals surface area (Å²) < 4.78 is 0. The third-order valence-corrected chi connectivity index (χ3v) is 3.72. The van der Waals surface area contributed by atoms with Crippen molar-refractivity contribution in [3.05, 3.63) is 0 Å². The van der Waals surface area contributed by atoms with Crippen LogP contribution in [0.5, 0.6) is 0 Å². The zero-order valence-corrected chi connectivity index (χ0v) is 11.5. The Bertz CT molecular complexity index is 223. The molecule has 0 aromatic rings. The molecule has 2 N–H and O–H groups in total. The zero-order chi connectivity index (χ0) is 12.7. The smallest absolute Gasteiger partial charge is 0.223 e. The Morgan fingerprint density at radius 2 is 1.94 bits per heavy atom. The molecule has 1 amide bonds. The SMILES string of the molecule is CCN(CC)C(C)CNC(=O)C1CCNCC1. The first-order valence-corrected chi connectivity index (χ1v) is 6.91. The van der Waals surface area contributed by atoms with Crippen LogP contribution >= 0.6 is 0 Å². The van der Waals surface area contributed by atoms with E-state index in [4.69, 9.17) is 0 Å². The van der Waals surface area contributed by atoms with Crippen LogP contribution in [0.1, 0.15) is 33.6 Å². The number of nitrogens with one attached hydrogen (secondary N) is 2. The van der Waals surface area contributed by atoms with E-state index >= 15 is 0 Å². The van der Waals surface area contributed by atoms with Gasteiger partial charge in [-0.1, -0.05) is 13.8 Å². The van der Waals surface area contributed by atoms with Gasteiger partial charge >= 0.3 is 0 Å². The molecule has 1 unspecified atom stereocenters. The molecule has 1 aliphatic rings. The minimum atomic E-state index is 0.222. The summed E-state index contributed by atoms with van der Waals surface area (Å²) in [6.07, 6.45) is 1.96. The molecule has 1 heterocycles. The van der Waals surface area contributed by atoms with Crippen LogP contribution in [0.15, 0.2) is 0 Å². The molecule has 4 heteroatoms. The number of piperidine rings is 1. The fourth-order valence-electron chi connectivity index (χ4n) is 2.45. The lowest BCUT2D eigenvalue weighted by atomic mass is 9.97. The Labute approximate surface area is 105 Å². The van der Waals surface area contributed by atoms with Gasteiger partial charge in [-0.25, -0.2) is 0 Å². The fraction of sp³-hybridized carbons (Fsp3) is 0.923. The van der Waals surface area contributed by atoms with Crippen molar-refractivity contribution < 1.29 is 4.79 Å². The van der Waals surface area contributed by atoms with Crippen LogP contribution in [0.2, 0.25) is 0 Å². The number of carbonyl (C=O) groups excluding carboxylic acids is 1. The molecular formula is C13H27N3O. The highest BCUT2D eigenvalue weighted by atomic mass is 16.1. The third-order valence-electron chi connectivity index (χ3n) is 3.72. The average Bonchev–Trinajstić information content (AvgIpc) is 2.38. The number of amides is 1. The van der Waals surface area contributed by atoms with Crippen molar-refractivity contribution in [1.82, 2.24) is 15.5 Å². The molecule has 1 aliphatic heterocycles. The highest BCUT2D eigenvalue weighted by molar-refractivity contribution is 5.78. The lowest BCUT2D eigenvalue weighted by Gasteiger charge is -2.28. The Morgan fingerprint density at radius 3 is 2.47 bits per heavy atom. The van der Waals surface area contributed by atoms with Gasteiger partial charge in [0.1, 0.15) is 0 Å². The molecule has 1 fully saturated rings. The van der Waals surface area contributed by atoms with Crippen LogP contribution < -0.4 is 10.6 Å². The van der Waals surface area contributed by atoms with Gasteiger partial charge in [0.15, 0.2) is 0 Å². The van der Waals surface area contributed by atoms with Crippen molar-refractivity contribution in [2.24, 2.45) is 5.92 Å². The molecule has 0 aliphatic carbocycles. The molecule has 1 saturated heterocycles. The van der Waals surface area contributed by atoms with Crippen LogP contribution in [-0.2, 0) is 4.79 Å². The van der Waals surface area contributed by atoms with Gasteiger partial charge < -0.3 is 10.6 Å². The summed E-state index contributed by atoms with van der Waals surface area (Å²) in [6, 6.07) is 0.427. The lowest BCUT2D eigenvalue weighted by molar-refractivity contribution is -0.125. The first-order valence-electron chi connectivity index (χ1n) is 6.91. The Kier molecular flexibility index (Phi) is 6.52. The predicted molar refractivity (Wildman–Crippen MR) is 71.0 cm³/mol. The van der Waals surface area contributed by atoms with Crippen molar-refractivity contribution in [2.75, 3.05) is 32.7 Å². The summed E-state index contributed by atoms with van der Waals surface area (Å²) in [4.78, 5) is 14.3. The summed E-state index contributed by atoms with van der Waals surface area (Å²) >= 11 is 0. The van der Waals surface area contributed by atoms with Crippen LogP contribution in [0.25, 0.3) is 0 Å². The molecule has 4 nitrogen and oxygen atoms in total. The van der Waals surface area contributed by atoms with E-state index in [-0.39, 0.29) is 11.8 Å². The Balaban J connectivity index is 2.26. The number of carbonyl (C=O) groups is 1. The van der Waals surface area contributed by atoms with Crippen molar-refractivity contribution in [2.45, 2.75) is 39.7 Å². The average molecular weight is 241 g/mol. The van der Waals surface area contributed by atoms with E-state index in [0.717, 1.165) is 45.6 Å². The monoisotopic (exact) mass is 241 g/mol. The topological polar surface area (TPSA) is 44.4 Å². The van der Waals surface area contributed by atoms with E-state index in [1.807, 2.05) is 0 Å². The largest absolute Gasteiger partial charge is 0.354 e. The number of likely N-dealkylation sites (N-methyl/N-ethyl adjacent to an activating group) is 1. The van der Waals surface area contributed by atoms with E-state index in [1.165, 1.54) is 0 Å². The van der Waals surface area contributed by atoms with Gasteiger partial charge in [-0.2, -0.15) is 0 Å². The molecular weight excluding hydrogens is 214 g/mol. The van der Waals surface area contributed by atoms with Gasteiger partial charge in [-0.05, 0) is 45.9 Å². The van der Waals surface area contributed by atoms with Crippen molar-refractivity contribution in [1.29, 1.82) is 0 Å². The maximum Gasteiger partial charge on any atom is 0.223 e. The van der Waals surface area contributed by atoms with E-state index in [9.17, 15) is 4.79 Å². The highest BCUT2D eigenvalue weighted by Crippen LogP contribution is 2.11. The summed E-state index contributed by atoms with van der Waals surface area (Å²) in [5.74, 6) is 0.464. The first-order chi connectivity index (χ1) is 8.19. The van der Waals surface area contributed by atoms with Crippen LogP contribution in [-0.4, -0.2) is 49.6 Å². The number of hydrogen-bond donors (Lipinski definition) is 2. The Morgan fingerprint density at radius 1 is 1.35 bits per heavy atom. The molecule has 1 atom stereocenters. The molecule has 1 rings (SSSR count). The summed E-state index contributed by atoms with van der Waals surface area (Å²) in [6.45, 7) is 11.3. The van der Waals surface area contributed by atoms with Crippen molar-refractivity contribution in [3.63, 3.8) is 0 Å². The van der Waals surface area contributed by atoms with Gasteiger partial charge in [0, 0.05) is 18.5 Å². The van der Waals surface area contributed by atoms with Crippen LogP contribution in [0, 0.1) is 5.92 Å². The van der Waals surface area contributed by atoms with Gasteiger partial charge in [0.2, 0.25) is 5.91 Å². The van der Waals surface area contributed by atoms with Crippen LogP contribution in [0.3, 0.4) is 0 Å². The fourth-order valence-corrected chi connectivity index (χ4v) is 2.45. The van der Waals surface area contributed by atoms with Gasteiger partial charge in [-0.3, -0.25) is 9.69 Å². The second kappa shape index (κ2) is 7.67. The second-order valence-electron chi connectivity index (χ2n) is 4.84. The summed E-state index contributed by atoms with van der Waals surface area (Å²) in [5, 5.41) is 6.38. The molecule has 0 saturated carbocycles. The Hall–Kier alpha value is -0.610. The van der Waals surface area contributed by atoms with E-state index in [1.54, 1.807) is 0 Å². The standard InChI is InChI=1S/C13H27N3O/c1-4-16(5-2)11(3)10-15-13(17)12-6-8-14-9-7-12/h11-12,14H,4-10H2,1-3H3,(H,15,17). The maximum absolute atomic E-state index is 11.9. The summed E-state index contributed by atoms with van der Waals surface area (Å²) in [5.41, 5.74) is 0. The number of rotatable bonds is 6. The quantitative estimate of drug-likeness (QED) is 0.724. The minimum Gasteiger partial charge on any atom is -0.354 e. The lowest BCUT2D eigenvalue weighted by Crippen LogP contribution is -2.45. The van der Waals surface area contributed by atoms with Crippen molar-refractivity contribution in [3.8, 4) is 0 Å². The van der Waals surface area contributed by atoms with Gasteiger partial charge in [0.25, 0.3) is 0 Å². The second-order valence-corrected chi connectivity index (χ2v) is 4.84. The highest BCUT2D eigenvalue weighted by Gasteiger charge is 2.21. The zero-order valence-electron chi connectivity index (χ0n) is 11.5. The van der Waals surface area contributed by atoms with E-state index in [0.29, 0.717) is 6.04 Å². The number of hydrogen-bond acceptors (Lipinski definition) is 3. The summed E-state index contributed by atoms with van der Waals surface area (Å²) in [7, 11) is 0. The molecule has 0 aromatic carbocycles. The first kappa shape index (κ1) is 14.5. The third kappa shape index (κ3) is 4.64. The molecule has 0 spiro atoms.